The number of carboxylic acid groups (broad SMARTS) is 1. The van der Waals surface area contributed by atoms with E-state index >= 15 is 0 Å². The first-order valence-corrected chi connectivity index (χ1v) is 29.8. The van der Waals surface area contributed by atoms with Crippen molar-refractivity contribution in [3.05, 3.63) is 213 Å². The number of esters is 1. The van der Waals surface area contributed by atoms with Gasteiger partial charge in [0.1, 0.15) is 16.7 Å². The Hall–Kier alpha value is -9.83. The number of imidazole rings is 2. The van der Waals surface area contributed by atoms with Gasteiger partial charge in [-0.15, -0.1) is 27.7 Å². The predicted octanol–water partition coefficient (Wildman–Crippen LogP) is 9.69. The minimum Gasteiger partial charge on any atom is -0.476 e. The molecule has 0 bridgehead atoms. The molecule has 0 aromatic carbocycles. The molecule has 0 atom stereocenters. The normalized spacial score (nSPS) is 13.6. The Morgan fingerprint density at radius 1 is 0.582 bits per heavy atom. The van der Waals surface area contributed by atoms with E-state index in [9.17, 15) is 23.2 Å². The molecule has 0 saturated heterocycles. The van der Waals surface area contributed by atoms with Gasteiger partial charge in [0, 0.05) is 43.9 Å². The number of hydrogen-bond acceptors (Lipinski definition) is 16. The van der Waals surface area contributed by atoms with Crippen LogP contribution in [0.2, 0.25) is 10.0 Å². The highest BCUT2D eigenvalue weighted by molar-refractivity contribution is 6.31. The molecule has 3 saturated carbocycles. The van der Waals surface area contributed by atoms with Crippen LogP contribution < -0.4 is 5.73 Å². The zero-order valence-electron chi connectivity index (χ0n) is 48.6. The van der Waals surface area contributed by atoms with Crippen LogP contribution in [-0.2, 0) is 37.3 Å². The summed E-state index contributed by atoms with van der Waals surface area (Å²) >= 11 is 11.5. The number of carbonyl (C=O) groups is 3. The average molecular weight is 1290 g/mol. The van der Waals surface area contributed by atoms with Crippen LogP contribution in [0.25, 0.3) is 27.6 Å². The maximum absolute atomic E-state index is 14.4. The minimum atomic E-state index is -1.08. The van der Waals surface area contributed by atoms with E-state index in [0.29, 0.717) is 55.0 Å². The number of pyridine rings is 5. The maximum Gasteiger partial charge on any atom is 0.360 e. The summed E-state index contributed by atoms with van der Waals surface area (Å²) in [5, 5.41) is 45.8. The van der Waals surface area contributed by atoms with Crippen LogP contribution in [0.4, 0.5) is 8.78 Å². The Labute approximate surface area is 531 Å². The first kappa shape index (κ1) is 61.4. The number of ether oxygens (including phenoxy) is 1. The molecule has 3 fully saturated rings. The van der Waals surface area contributed by atoms with E-state index in [4.69, 9.17) is 38.8 Å². The van der Waals surface area contributed by atoms with Crippen molar-refractivity contribution in [1.82, 2.24) is 92.6 Å². The summed E-state index contributed by atoms with van der Waals surface area (Å²) < 4.78 is 46.1. The number of hydrogen-bond donors (Lipinski definition) is 2. The minimum absolute atomic E-state index is 0. The summed E-state index contributed by atoms with van der Waals surface area (Å²) in [7, 11) is 0. The Kier molecular flexibility index (Phi) is 17.8. The number of halogens is 5. The number of carboxylic acids is 1. The van der Waals surface area contributed by atoms with Gasteiger partial charge in [-0.25, -0.2) is 55.9 Å². The molecule has 0 spiro atoms. The van der Waals surface area contributed by atoms with E-state index in [1.807, 2.05) is 50.3 Å². The van der Waals surface area contributed by atoms with Gasteiger partial charge in [-0.2, -0.15) is 15.3 Å². The summed E-state index contributed by atoms with van der Waals surface area (Å²) in [6.07, 6.45) is 24.9. The molecule has 3 aliphatic rings. The molecule has 0 amide bonds. The van der Waals surface area contributed by atoms with Crippen molar-refractivity contribution >= 4 is 80.9 Å². The van der Waals surface area contributed by atoms with E-state index in [2.05, 4.69) is 92.6 Å². The summed E-state index contributed by atoms with van der Waals surface area (Å²) in [4.78, 5) is 43.2. The number of Topliss-reactive ketones (excluding diaryl/α,β-unsaturated/α-hetero) is 1. The smallest absolute Gasteiger partial charge is 0.360 e. The summed E-state index contributed by atoms with van der Waals surface area (Å²) in [5.74, 6) is -0.612. The number of aryl methyl sites for hydroxylation is 1. The second-order valence-electron chi connectivity index (χ2n) is 22.1. The van der Waals surface area contributed by atoms with Gasteiger partial charge < -0.3 is 24.4 Å². The Bertz CT molecular complexity index is 4820. The lowest BCUT2D eigenvalue weighted by atomic mass is 10.1. The highest BCUT2D eigenvalue weighted by Crippen LogP contribution is 2.42. The first-order valence-electron chi connectivity index (χ1n) is 29.1. The average Bonchev–Trinajstić information content (AvgIpc) is 1.86. The van der Waals surface area contributed by atoms with Gasteiger partial charge >= 0.3 is 11.9 Å². The van der Waals surface area contributed by atoms with Gasteiger partial charge in [-0.05, 0) is 153 Å². The van der Waals surface area contributed by atoms with Gasteiger partial charge in [0.15, 0.2) is 28.8 Å². The van der Waals surface area contributed by atoms with Crippen molar-refractivity contribution in [2.45, 2.75) is 102 Å². The fourth-order valence-electron chi connectivity index (χ4n) is 10.4. The number of carbonyl (C=O) groups excluding carboxylic acids is 2. The number of aromatic nitrogens is 19. The van der Waals surface area contributed by atoms with E-state index < -0.39 is 23.6 Å². The van der Waals surface area contributed by atoms with E-state index in [0.717, 1.165) is 39.5 Å². The molecule has 13 aromatic heterocycles. The number of rotatable bonds is 17. The number of fused-ring (bicyclic) bond motifs is 5. The fraction of sp³-hybridized carbons (Fsp3) is 0.279. The summed E-state index contributed by atoms with van der Waals surface area (Å²) in [6.45, 7) is 3.56. The third-order valence-corrected chi connectivity index (χ3v) is 16.0. The highest BCUT2D eigenvalue weighted by atomic mass is 35.5. The molecule has 30 heteroatoms. The van der Waals surface area contributed by atoms with Gasteiger partial charge in [-0.1, -0.05) is 38.8 Å². The lowest BCUT2D eigenvalue weighted by Crippen LogP contribution is -2.05. The monoisotopic (exact) mass is 1290 g/mol. The Morgan fingerprint density at radius 2 is 0.989 bits per heavy atom. The highest BCUT2D eigenvalue weighted by Gasteiger charge is 2.26. The maximum atomic E-state index is 14.4. The quantitative estimate of drug-likeness (QED) is 0.0633. The largest absolute Gasteiger partial charge is 0.476 e. The van der Waals surface area contributed by atoms with Crippen molar-refractivity contribution in [2.24, 2.45) is 5.73 Å². The van der Waals surface area contributed by atoms with Crippen LogP contribution in [0.15, 0.2) is 129 Å². The standard InChI is InChI=1S/C23H19ClFN7O.C16H17N5O2.C14H13N5O2.C8H7ClFN3.ClH/c24-18-6-7-30-13-26-19(23(30)22(18)25)3-4-21(33)20-12-31(29-27-20)11-16-10-17-9-15(14-1-2-14)5-8-32(17)28-16;1-2-23-16(22)15-10-20(19-17-15)9-13-8-14-7-12(11-3-4-11)5-6-21(14)18-13;20-14(21)13-8-18(17-15-13)7-11-6-12-5-10(9-1-2-9)3-4-19(12)16-11;9-5-1-2-13-4-12-6(3-11)8(13)7(5)10;/h5-10,12-14H,1-4,11H2;5-8,10-11H,2-4,9H2,1H3;3-6,8-9H,1-2,7H2,(H,20,21);1-2,4H,3,11H2;1H. The molecular weight excluding hydrogens is 1240 g/mol. The number of nitrogens with zero attached hydrogens (tertiary/aromatic N) is 19. The van der Waals surface area contributed by atoms with Gasteiger partial charge in [-0.3, -0.25) is 4.79 Å². The van der Waals surface area contributed by atoms with Crippen LogP contribution in [0.1, 0.15) is 146 Å². The lowest BCUT2D eigenvalue weighted by molar-refractivity contribution is 0.0518. The van der Waals surface area contributed by atoms with Crippen LogP contribution in [-0.4, -0.2) is 122 Å². The lowest BCUT2D eigenvalue weighted by Gasteiger charge is -2.01. The molecule has 16 rings (SSSR count). The van der Waals surface area contributed by atoms with Gasteiger partial charge in [0.05, 0.1) is 113 Å². The molecule has 3 N–H and O–H groups in total. The summed E-state index contributed by atoms with van der Waals surface area (Å²) in [5.41, 5.74) is 17.3. The second kappa shape index (κ2) is 26.3. The van der Waals surface area contributed by atoms with Crippen molar-refractivity contribution < 1.29 is 33.0 Å². The van der Waals surface area contributed by atoms with Crippen LogP contribution in [0.3, 0.4) is 0 Å². The van der Waals surface area contributed by atoms with Crippen LogP contribution in [0, 0.1) is 11.6 Å². The van der Waals surface area contributed by atoms with Crippen molar-refractivity contribution in [3.63, 3.8) is 0 Å². The van der Waals surface area contributed by atoms with Crippen molar-refractivity contribution in [2.75, 3.05) is 6.61 Å². The molecule has 25 nitrogen and oxygen atoms in total. The van der Waals surface area contributed by atoms with Crippen LogP contribution in [0.5, 0.6) is 0 Å². The number of ketones is 1. The third kappa shape index (κ3) is 14.0. The van der Waals surface area contributed by atoms with E-state index in [-0.39, 0.29) is 70.2 Å². The zero-order valence-corrected chi connectivity index (χ0v) is 51.0. The molecule has 13 aromatic rings. The van der Waals surface area contributed by atoms with Crippen molar-refractivity contribution in [1.29, 1.82) is 0 Å². The first-order chi connectivity index (χ1) is 43.7. The van der Waals surface area contributed by atoms with E-state index in [1.54, 1.807) is 49.9 Å². The van der Waals surface area contributed by atoms with E-state index in [1.165, 1.54) is 90.9 Å². The molecule has 0 unspecified atom stereocenters. The topological polar surface area (TPSA) is 285 Å². The molecule has 91 heavy (non-hydrogen) atoms. The zero-order chi connectivity index (χ0) is 62.2. The molecule has 3 aliphatic carbocycles. The molecule has 13 heterocycles. The molecule has 0 radical (unpaired) electrons. The summed E-state index contributed by atoms with van der Waals surface area (Å²) in [6, 6.07) is 21.9. The third-order valence-electron chi connectivity index (χ3n) is 15.5. The Balaban J connectivity index is 0.000000122. The predicted molar refractivity (Wildman–Crippen MR) is 330 cm³/mol. The van der Waals surface area contributed by atoms with Crippen molar-refractivity contribution in [3.8, 4) is 0 Å². The second-order valence-corrected chi connectivity index (χ2v) is 22.9. The molecular formula is C61H57Cl3F2N20O5. The van der Waals surface area contributed by atoms with Gasteiger partial charge in [0.2, 0.25) is 0 Å². The molecule has 0 aliphatic heterocycles. The molecule has 466 valence electrons. The van der Waals surface area contributed by atoms with Crippen LogP contribution >= 0.6 is 35.6 Å². The SMILES string of the molecule is CCOC(=O)c1cn(Cc2cc3cc(C4CC4)ccn3n2)nn1.Cl.NCc1ncn2ccc(Cl)c(F)c12.O=C(CCc1ncn2ccc(Cl)c(F)c12)c1cn(Cc2cc3cc(C4CC4)ccn3n2)nn1.O=C(O)c1cn(Cc2cc3cc(C4CC4)ccn3n2)nn1. The van der Waals surface area contributed by atoms with Gasteiger partial charge in [0.25, 0.3) is 0 Å². The number of aromatic carboxylic acids is 1. The number of nitrogens with two attached hydrogens (primary N) is 1. The Morgan fingerprint density at radius 3 is 1.41 bits per heavy atom. The fourth-order valence-corrected chi connectivity index (χ4v) is 10.7.